The van der Waals surface area contributed by atoms with Gasteiger partial charge in [0.1, 0.15) is 0 Å². The molecule has 0 atom stereocenters. The van der Waals surface area contributed by atoms with E-state index in [1.165, 1.54) is 13.2 Å². The van der Waals surface area contributed by atoms with Gasteiger partial charge < -0.3 is 20.1 Å². The summed E-state index contributed by atoms with van der Waals surface area (Å²) in [5.41, 5.74) is 0.782. The fraction of sp³-hybridized carbons (Fsp3) is 0.500. The van der Waals surface area contributed by atoms with Crippen LogP contribution in [0.15, 0.2) is 23.2 Å². The molecule has 0 bridgehead atoms. The molecule has 8 heteroatoms. The van der Waals surface area contributed by atoms with E-state index in [0.717, 1.165) is 17.9 Å². The van der Waals surface area contributed by atoms with Crippen molar-refractivity contribution in [2.24, 2.45) is 4.99 Å². The lowest BCUT2D eigenvalue weighted by molar-refractivity contribution is -0.0512. The van der Waals surface area contributed by atoms with E-state index in [1.54, 1.807) is 30.9 Å². The summed E-state index contributed by atoms with van der Waals surface area (Å²) in [6, 6.07) is 4.89. The minimum absolute atomic E-state index is 0.0159. The number of thioether (sulfide) groups is 1. The molecular formula is C14H21F2N3O2S. The zero-order valence-corrected chi connectivity index (χ0v) is 13.7. The predicted octanol–water partition coefficient (Wildman–Crippen LogP) is 2.32. The van der Waals surface area contributed by atoms with Crippen molar-refractivity contribution in [1.29, 1.82) is 0 Å². The molecule has 1 aromatic rings. The minimum Gasteiger partial charge on any atom is -0.493 e. The van der Waals surface area contributed by atoms with Crippen LogP contribution in [0, 0.1) is 0 Å². The summed E-state index contributed by atoms with van der Waals surface area (Å²) < 4.78 is 34.2. The zero-order chi connectivity index (χ0) is 16.4. The molecule has 1 rings (SSSR count). The van der Waals surface area contributed by atoms with Gasteiger partial charge in [-0.05, 0) is 24.0 Å². The molecule has 1 aromatic carbocycles. The molecule has 2 N–H and O–H groups in total. The summed E-state index contributed by atoms with van der Waals surface area (Å²) in [5, 5.41) is 6.26. The van der Waals surface area contributed by atoms with Crippen LogP contribution >= 0.6 is 11.8 Å². The van der Waals surface area contributed by atoms with Gasteiger partial charge in [-0.15, -0.1) is 0 Å². The Hall–Kier alpha value is -1.70. The number of hydrogen-bond donors (Lipinski definition) is 2. The van der Waals surface area contributed by atoms with Crippen LogP contribution in [0.25, 0.3) is 0 Å². The maximum absolute atomic E-state index is 12.4. The van der Waals surface area contributed by atoms with Gasteiger partial charge in [0.2, 0.25) is 0 Å². The molecule has 22 heavy (non-hydrogen) atoms. The van der Waals surface area contributed by atoms with Crippen LogP contribution in [0.5, 0.6) is 11.5 Å². The Morgan fingerprint density at radius 2 is 2.09 bits per heavy atom. The average molecular weight is 333 g/mol. The molecule has 0 heterocycles. The zero-order valence-electron chi connectivity index (χ0n) is 12.9. The molecular weight excluding hydrogens is 312 g/mol. The lowest BCUT2D eigenvalue weighted by Crippen LogP contribution is -2.37. The number of ether oxygens (including phenoxy) is 2. The summed E-state index contributed by atoms with van der Waals surface area (Å²) in [4.78, 5) is 4.09. The first-order valence-electron chi connectivity index (χ1n) is 6.66. The topological polar surface area (TPSA) is 54.9 Å². The second-order valence-corrected chi connectivity index (χ2v) is 5.19. The Morgan fingerprint density at radius 3 is 2.68 bits per heavy atom. The Labute approximate surface area is 133 Å². The molecule has 5 nitrogen and oxygen atoms in total. The van der Waals surface area contributed by atoms with Crippen molar-refractivity contribution in [2.45, 2.75) is 13.2 Å². The van der Waals surface area contributed by atoms with Gasteiger partial charge in [0.05, 0.1) is 7.11 Å². The van der Waals surface area contributed by atoms with Crippen molar-refractivity contribution in [3.05, 3.63) is 23.8 Å². The minimum atomic E-state index is -2.89. The van der Waals surface area contributed by atoms with Gasteiger partial charge in [-0.3, -0.25) is 4.99 Å². The molecule has 0 aliphatic carbocycles. The van der Waals surface area contributed by atoms with Crippen molar-refractivity contribution < 1.29 is 18.3 Å². The molecule has 0 spiro atoms. The quantitative estimate of drug-likeness (QED) is 0.434. The van der Waals surface area contributed by atoms with Crippen molar-refractivity contribution in [2.75, 3.05) is 32.7 Å². The summed E-state index contributed by atoms with van der Waals surface area (Å²) in [6.07, 6.45) is 2.03. The Bertz CT molecular complexity index is 487. The number of aliphatic imine (C=N–C) groups is 1. The van der Waals surface area contributed by atoms with Gasteiger partial charge in [-0.2, -0.15) is 20.5 Å². The second kappa shape index (κ2) is 10.1. The number of alkyl halides is 2. The standard InChI is InChI=1S/C14H21F2N3O2S/c1-17-14(18-6-7-22-3)19-9-10-4-5-11(20-2)12(8-10)21-13(15)16/h4-5,8,13H,6-7,9H2,1-3H3,(H2,17,18,19). The average Bonchev–Trinajstić information content (AvgIpc) is 2.50. The summed E-state index contributed by atoms with van der Waals surface area (Å²) in [5.74, 6) is 1.91. The van der Waals surface area contributed by atoms with Gasteiger partial charge in [0.15, 0.2) is 17.5 Å². The normalized spacial score (nSPS) is 11.5. The molecule has 0 aliphatic heterocycles. The van der Waals surface area contributed by atoms with E-state index in [2.05, 4.69) is 20.4 Å². The number of guanidine groups is 1. The van der Waals surface area contributed by atoms with Gasteiger partial charge in [-0.1, -0.05) is 6.07 Å². The van der Waals surface area contributed by atoms with Crippen LogP contribution in [0.1, 0.15) is 5.56 Å². The van der Waals surface area contributed by atoms with Gasteiger partial charge in [0.25, 0.3) is 0 Å². The Kier molecular flexibility index (Phi) is 8.42. The monoisotopic (exact) mass is 333 g/mol. The highest BCUT2D eigenvalue weighted by Gasteiger charge is 2.11. The molecule has 0 aliphatic rings. The molecule has 0 amide bonds. The first-order valence-corrected chi connectivity index (χ1v) is 8.05. The summed E-state index contributed by atoms with van der Waals surface area (Å²) >= 11 is 1.73. The third kappa shape index (κ3) is 6.38. The molecule has 0 fully saturated rings. The fourth-order valence-corrected chi connectivity index (χ4v) is 2.00. The van der Waals surface area contributed by atoms with E-state index in [0.29, 0.717) is 12.5 Å². The Balaban J connectivity index is 2.65. The first-order chi connectivity index (χ1) is 10.6. The van der Waals surface area contributed by atoms with Crippen LogP contribution in [-0.4, -0.2) is 45.3 Å². The van der Waals surface area contributed by atoms with Crippen LogP contribution in [0.4, 0.5) is 8.78 Å². The van der Waals surface area contributed by atoms with E-state index < -0.39 is 6.61 Å². The predicted molar refractivity (Wildman–Crippen MR) is 86.2 cm³/mol. The smallest absolute Gasteiger partial charge is 0.387 e. The number of rotatable bonds is 8. The van der Waals surface area contributed by atoms with E-state index in [1.807, 2.05) is 6.26 Å². The number of benzene rings is 1. The highest BCUT2D eigenvalue weighted by molar-refractivity contribution is 7.98. The lowest BCUT2D eigenvalue weighted by atomic mass is 10.2. The molecule has 0 aromatic heterocycles. The summed E-state index contributed by atoms with van der Waals surface area (Å²) in [7, 11) is 3.08. The third-order valence-electron chi connectivity index (χ3n) is 2.73. The van der Waals surface area contributed by atoms with E-state index in [9.17, 15) is 8.78 Å². The molecule has 0 saturated heterocycles. The number of hydrogen-bond acceptors (Lipinski definition) is 4. The van der Waals surface area contributed by atoms with Crippen LogP contribution in [-0.2, 0) is 6.54 Å². The molecule has 0 unspecified atom stereocenters. The molecule has 0 radical (unpaired) electrons. The van der Waals surface area contributed by atoms with E-state index in [4.69, 9.17) is 4.74 Å². The second-order valence-electron chi connectivity index (χ2n) is 4.21. The van der Waals surface area contributed by atoms with Crippen molar-refractivity contribution in [3.63, 3.8) is 0 Å². The molecule has 124 valence electrons. The lowest BCUT2D eigenvalue weighted by Gasteiger charge is -2.14. The fourth-order valence-electron chi connectivity index (χ4n) is 1.70. The van der Waals surface area contributed by atoms with Crippen LogP contribution in [0.3, 0.4) is 0 Å². The third-order valence-corrected chi connectivity index (χ3v) is 3.34. The van der Waals surface area contributed by atoms with Crippen LogP contribution in [0.2, 0.25) is 0 Å². The first kappa shape index (κ1) is 18.3. The van der Waals surface area contributed by atoms with Gasteiger partial charge in [-0.25, -0.2) is 0 Å². The van der Waals surface area contributed by atoms with E-state index >= 15 is 0 Å². The van der Waals surface area contributed by atoms with Gasteiger partial charge >= 0.3 is 6.61 Å². The number of methoxy groups -OCH3 is 1. The number of nitrogens with one attached hydrogen (secondary N) is 2. The van der Waals surface area contributed by atoms with Crippen molar-refractivity contribution >= 4 is 17.7 Å². The molecule has 0 saturated carbocycles. The summed E-state index contributed by atoms with van der Waals surface area (Å²) in [6.45, 7) is -1.66. The number of nitrogens with zero attached hydrogens (tertiary/aromatic N) is 1. The van der Waals surface area contributed by atoms with Crippen molar-refractivity contribution in [1.82, 2.24) is 10.6 Å². The maximum Gasteiger partial charge on any atom is 0.387 e. The van der Waals surface area contributed by atoms with E-state index in [-0.39, 0.29) is 11.5 Å². The number of halogens is 2. The van der Waals surface area contributed by atoms with Crippen LogP contribution < -0.4 is 20.1 Å². The SMILES string of the molecule is CN=C(NCCSC)NCc1ccc(OC)c(OC(F)F)c1. The Morgan fingerprint density at radius 1 is 1.32 bits per heavy atom. The highest BCUT2D eigenvalue weighted by Crippen LogP contribution is 2.29. The van der Waals surface area contributed by atoms with Crippen molar-refractivity contribution in [3.8, 4) is 11.5 Å². The highest BCUT2D eigenvalue weighted by atomic mass is 32.2. The largest absolute Gasteiger partial charge is 0.493 e. The van der Waals surface area contributed by atoms with Gasteiger partial charge in [0, 0.05) is 25.9 Å². The maximum atomic E-state index is 12.4.